The molecule has 7 heteroatoms. The summed E-state index contributed by atoms with van der Waals surface area (Å²) in [4.78, 5) is 22.6. The highest BCUT2D eigenvalue weighted by atomic mass is 16.5. The minimum absolute atomic E-state index is 0.169. The number of hydrogen-bond donors (Lipinski definition) is 2. The van der Waals surface area contributed by atoms with Gasteiger partial charge in [0, 0.05) is 0 Å². The molecule has 1 aromatic carbocycles. The maximum Gasteiger partial charge on any atom is 0.383 e. The number of carboxylic acid groups (broad SMARTS) is 1. The van der Waals surface area contributed by atoms with Crippen LogP contribution in [0.25, 0.3) is 11.0 Å². The summed E-state index contributed by atoms with van der Waals surface area (Å²) >= 11 is 0. The molecule has 0 bridgehead atoms. The molecule has 0 saturated heterocycles. The molecule has 2 aromatic rings. The lowest BCUT2D eigenvalue weighted by Crippen LogP contribution is -2.10. The van der Waals surface area contributed by atoms with Gasteiger partial charge in [0.25, 0.3) is 0 Å². The number of benzene rings is 1. The second-order valence-electron chi connectivity index (χ2n) is 6.02. The molecule has 0 unspecified atom stereocenters. The van der Waals surface area contributed by atoms with Crippen molar-refractivity contribution in [2.75, 3.05) is 13.2 Å². The van der Waals surface area contributed by atoms with Crippen LogP contribution in [0.15, 0.2) is 27.4 Å². The SMILES string of the molecule is CCCCCCCCOc1c(O)c2cc(OCC(=O)O)ccc2oc1=O. The largest absolute Gasteiger partial charge is 0.504 e. The van der Waals surface area contributed by atoms with Crippen molar-refractivity contribution in [2.45, 2.75) is 45.4 Å². The van der Waals surface area contributed by atoms with E-state index in [2.05, 4.69) is 6.92 Å². The normalized spacial score (nSPS) is 10.8. The van der Waals surface area contributed by atoms with E-state index in [1.54, 1.807) is 0 Å². The zero-order valence-corrected chi connectivity index (χ0v) is 14.8. The molecule has 0 aliphatic carbocycles. The molecular formula is C19H24O7. The average Bonchev–Trinajstić information content (AvgIpc) is 2.61. The van der Waals surface area contributed by atoms with Crippen LogP contribution in [0.3, 0.4) is 0 Å². The average molecular weight is 364 g/mol. The molecular weight excluding hydrogens is 340 g/mol. The van der Waals surface area contributed by atoms with Crippen LogP contribution in [-0.2, 0) is 4.79 Å². The second-order valence-corrected chi connectivity index (χ2v) is 6.02. The molecule has 26 heavy (non-hydrogen) atoms. The van der Waals surface area contributed by atoms with Crippen molar-refractivity contribution >= 4 is 16.9 Å². The highest BCUT2D eigenvalue weighted by Crippen LogP contribution is 2.33. The predicted octanol–water partition coefficient (Wildman–Crippen LogP) is 3.70. The second kappa shape index (κ2) is 9.70. The number of ether oxygens (including phenoxy) is 2. The van der Waals surface area contributed by atoms with Crippen LogP contribution >= 0.6 is 0 Å². The third-order valence-electron chi connectivity index (χ3n) is 3.92. The Hall–Kier alpha value is -2.70. The fourth-order valence-corrected chi connectivity index (χ4v) is 2.57. The lowest BCUT2D eigenvalue weighted by molar-refractivity contribution is -0.139. The first-order valence-corrected chi connectivity index (χ1v) is 8.80. The summed E-state index contributed by atoms with van der Waals surface area (Å²) in [6.07, 6.45) is 6.46. The van der Waals surface area contributed by atoms with Gasteiger partial charge in [-0.25, -0.2) is 9.59 Å². The van der Waals surface area contributed by atoms with E-state index < -0.39 is 18.2 Å². The van der Waals surface area contributed by atoms with Gasteiger partial charge in [0.1, 0.15) is 11.3 Å². The van der Waals surface area contributed by atoms with Crippen molar-refractivity contribution in [3.05, 3.63) is 28.6 Å². The summed E-state index contributed by atoms with van der Waals surface area (Å²) in [6, 6.07) is 4.31. The fraction of sp³-hybridized carbons (Fsp3) is 0.474. The third kappa shape index (κ3) is 5.40. The van der Waals surface area contributed by atoms with Gasteiger partial charge in [-0.2, -0.15) is 0 Å². The number of aromatic hydroxyl groups is 1. The van der Waals surface area contributed by atoms with Gasteiger partial charge < -0.3 is 24.1 Å². The monoisotopic (exact) mass is 364 g/mol. The summed E-state index contributed by atoms with van der Waals surface area (Å²) in [6.45, 7) is 1.96. The number of carbonyl (C=O) groups is 1. The van der Waals surface area contributed by atoms with Gasteiger partial charge in [-0.05, 0) is 24.6 Å². The van der Waals surface area contributed by atoms with Crippen molar-refractivity contribution < 1.29 is 28.9 Å². The Morgan fingerprint density at radius 1 is 1.12 bits per heavy atom. The molecule has 2 N–H and O–H groups in total. The van der Waals surface area contributed by atoms with E-state index >= 15 is 0 Å². The van der Waals surface area contributed by atoms with E-state index in [0.29, 0.717) is 6.61 Å². The number of hydrogen-bond acceptors (Lipinski definition) is 6. The lowest BCUT2D eigenvalue weighted by atomic mass is 10.1. The zero-order valence-electron chi connectivity index (χ0n) is 14.8. The standard InChI is InChI=1S/C19H24O7/c1-2-3-4-5-6-7-10-24-18-17(22)14-11-13(25-12-16(20)21)8-9-15(14)26-19(18)23/h8-9,11,22H,2-7,10,12H2,1H3,(H,20,21). The number of unbranched alkanes of at least 4 members (excludes halogenated alkanes) is 5. The van der Waals surface area contributed by atoms with Crippen LogP contribution in [-0.4, -0.2) is 29.4 Å². The minimum Gasteiger partial charge on any atom is -0.504 e. The summed E-state index contributed by atoms with van der Waals surface area (Å²) in [5, 5.41) is 19.2. The molecule has 0 radical (unpaired) electrons. The molecule has 0 fully saturated rings. The molecule has 0 atom stereocenters. The van der Waals surface area contributed by atoms with E-state index in [-0.39, 0.29) is 28.2 Å². The molecule has 2 rings (SSSR count). The first-order chi connectivity index (χ1) is 12.5. The molecule has 0 amide bonds. The Morgan fingerprint density at radius 3 is 2.58 bits per heavy atom. The summed E-state index contributed by atoms with van der Waals surface area (Å²) in [5.74, 6) is -1.44. The first-order valence-electron chi connectivity index (χ1n) is 8.80. The van der Waals surface area contributed by atoms with E-state index in [1.807, 2.05) is 0 Å². The predicted molar refractivity (Wildman–Crippen MR) is 96.2 cm³/mol. The summed E-state index contributed by atoms with van der Waals surface area (Å²) in [5.41, 5.74) is -0.581. The van der Waals surface area contributed by atoms with E-state index in [4.69, 9.17) is 19.0 Å². The van der Waals surface area contributed by atoms with Gasteiger partial charge in [-0.3, -0.25) is 0 Å². The number of carboxylic acids is 1. The van der Waals surface area contributed by atoms with Crippen molar-refractivity contribution in [3.8, 4) is 17.2 Å². The fourth-order valence-electron chi connectivity index (χ4n) is 2.57. The van der Waals surface area contributed by atoms with Crippen LogP contribution in [0.2, 0.25) is 0 Å². The maximum absolute atomic E-state index is 12.0. The van der Waals surface area contributed by atoms with Gasteiger partial charge >= 0.3 is 11.6 Å². The Balaban J connectivity index is 2.06. The van der Waals surface area contributed by atoms with Crippen molar-refractivity contribution in [1.82, 2.24) is 0 Å². The Morgan fingerprint density at radius 2 is 1.85 bits per heavy atom. The quantitative estimate of drug-likeness (QED) is 0.462. The topological polar surface area (TPSA) is 106 Å². The van der Waals surface area contributed by atoms with E-state index in [1.165, 1.54) is 37.5 Å². The van der Waals surface area contributed by atoms with Crippen molar-refractivity contribution in [3.63, 3.8) is 0 Å². The smallest absolute Gasteiger partial charge is 0.383 e. The minimum atomic E-state index is -1.11. The van der Waals surface area contributed by atoms with Gasteiger partial charge in [-0.15, -0.1) is 0 Å². The molecule has 0 saturated carbocycles. The van der Waals surface area contributed by atoms with Crippen LogP contribution in [0.4, 0.5) is 0 Å². The molecule has 142 valence electrons. The van der Waals surface area contributed by atoms with Gasteiger partial charge in [-0.1, -0.05) is 39.0 Å². The lowest BCUT2D eigenvalue weighted by Gasteiger charge is -2.10. The summed E-state index contributed by atoms with van der Waals surface area (Å²) in [7, 11) is 0. The Labute approximate surface area is 151 Å². The molecule has 1 aromatic heterocycles. The maximum atomic E-state index is 12.0. The number of fused-ring (bicyclic) bond motifs is 1. The van der Waals surface area contributed by atoms with Crippen LogP contribution in [0.1, 0.15) is 45.4 Å². The van der Waals surface area contributed by atoms with Crippen LogP contribution < -0.4 is 15.1 Å². The zero-order chi connectivity index (χ0) is 18.9. The van der Waals surface area contributed by atoms with Gasteiger partial charge in [0.15, 0.2) is 12.4 Å². The van der Waals surface area contributed by atoms with Crippen molar-refractivity contribution in [1.29, 1.82) is 0 Å². The highest BCUT2D eigenvalue weighted by Gasteiger charge is 2.16. The highest BCUT2D eigenvalue weighted by molar-refractivity contribution is 5.86. The van der Waals surface area contributed by atoms with Gasteiger partial charge in [0.05, 0.1) is 12.0 Å². The summed E-state index contributed by atoms with van der Waals surface area (Å²) < 4.78 is 15.7. The van der Waals surface area contributed by atoms with Crippen LogP contribution in [0, 0.1) is 0 Å². The molecule has 1 heterocycles. The number of aliphatic carboxylic acids is 1. The first kappa shape index (κ1) is 19.6. The Bertz CT molecular complexity index is 794. The van der Waals surface area contributed by atoms with Crippen molar-refractivity contribution in [2.24, 2.45) is 0 Å². The Kier molecular flexibility index (Phi) is 7.32. The van der Waals surface area contributed by atoms with E-state index in [9.17, 15) is 14.7 Å². The number of rotatable bonds is 11. The molecule has 0 aliphatic rings. The molecule has 0 spiro atoms. The van der Waals surface area contributed by atoms with Gasteiger partial charge in [0.2, 0.25) is 5.75 Å². The molecule has 0 aliphatic heterocycles. The van der Waals surface area contributed by atoms with Crippen LogP contribution in [0.5, 0.6) is 17.2 Å². The van der Waals surface area contributed by atoms with E-state index in [0.717, 1.165) is 19.3 Å². The molecule has 7 nitrogen and oxygen atoms in total. The third-order valence-corrected chi connectivity index (χ3v) is 3.92.